The highest BCUT2D eigenvalue weighted by molar-refractivity contribution is 6.05. The SMILES string of the molecule is O=Cc1c(N2CCCCCN2)n(-c2ccccc2)c2ccccc12. The summed E-state index contributed by atoms with van der Waals surface area (Å²) in [5.74, 6) is 0.944. The molecule has 3 aromatic rings. The quantitative estimate of drug-likeness (QED) is 0.743. The molecule has 1 saturated heterocycles. The number of benzene rings is 2. The number of hydrogen-bond acceptors (Lipinski definition) is 3. The Labute approximate surface area is 141 Å². The van der Waals surface area contributed by atoms with E-state index in [2.05, 4.69) is 33.2 Å². The molecule has 0 saturated carbocycles. The van der Waals surface area contributed by atoms with E-state index in [9.17, 15) is 4.79 Å². The lowest BCUT2D eigenvalue weighted by Crippen LogP contribution is -2.39. The smallest absolute Gasteiger partial charge is 0.154 e. The number of nitrogens with one attached hydrogen (secondary N) is 1. The molecule has 0 atom stereocenters. The number of anilines is 1. The lowest BCUT2D eigenvalue weighted by Gasteiger charge is -2.26. The van der Waals surface area contributed by atoms with Gasteiger partial charge in [0.05, 0.1) is 11.1 Å². The summed E-state index contributed by atoms with van der Waals surface area (Å²) in [6.07, 6.45) is 4.50. The van der Waals surface area contributed by atoms with Crippen LogP contribution in [0, 0.1) is 0 Å². The van der Waals surface area contributed by atoms with Crippen molar-refractivity contribution in [2.45, 2.75) is 19.3 Å². The van der Waals surface area contributed by atoms with Crippen LogP contribution in [0.5, 0.6) is 0 Å². The van der Waals surface area contributed by atoms with Crippen molar-refractivity contribution in [2.24, 2.45) is 0 Å². The molecule has 0 unspecified atom stereocenters. The van der Waals surface area contributed by atoms with Crippen molar-refractivity contribution in [3.05, 3.63) is 60.2 Å². The summed E-state index contributed by atoms with van der Waals surface area (Å²) in [6, 6.07) is 18.4. The topological polar surface area (TPSA) is 37.3 Å². The average molecular weight is 319 g/mol. The molecule has 2 heterocycles. The molecule has 0 amide bonds. The zero-order valence-electron chi connectivity index (χ0n) is 13.6. The maximum absolute atomic E-state index is 11.9. The first kappa shape index (κ1) is 15.0. The minimum atomic E-state index is 0.754. The van der Waals surface area contributed by atoms with E-state index in [4.69, 9.17) is 0 Å². The highest BCUT2D eigenvalue weighted by Crippen LogP contribution is 2.34. The Bertz CT molecular complexity index is 846. The number of carbonyl (C=O) groups excluding carboxylic acids is 1. The monoisotopic (exact) mass is 319 g/mol. The molecule has 1 fully saturated rings. The minimum Gasteiger partial charge on any atom is -0.298 e. The van der Waals surface area contributed by atoms with Gasteiger partial charge in [0.25, 0.3) is 0 Å². The average Bonchev–Trinajstić information content (AvgIpc) is 2.77. The first-order valence-electron chi connectivity index (χ1n) is 8.55. The van der Waals surface area contributed by atoms with E-state index >= 15 is 0 Å². The van der Waals surface area contributed by atoms with Crippen LogP contribution in [0.2, 0.25) is 0 Å². The van der Waals surface area contributed by atoms with E-state index in [0.29, 0.717) is 0 Å². The molecule has 4 nitrogen and oxygen atoms in total. The maximum Gasteiger partial charge on any atom is 0.154 e. The van der Waals surface area contributed by atoms with Crippen LogP contribution >= 0.6 is 0 Å². The van der Waals surface area contributed by atoms with Crippen molar-refractivity contribution in [1.82, 2.24) is 9.99 Å². The van der Waals surface area contributed by atoms with E-state index in [1.165, 1.54) is 12.8 Å². The van der Waals surface area contributed by atoms with Gasteiger partial charge in [0.15, 0.2) is 6.29 Å². The van der Waals surface area contributed by atoms with Crippen LogP contribution in [0.15, 0.2) is 54.6 Å². The summed E-state index contributed by atoms with van der Waals surface area (Å²) >= 11 is 0. The maximum atomic E-state index is 11.9. The Morgan fingerprint density at radius 2 is 1.71 bits per heavy atom. The van der Waals surface area contributed by atoms with Crippen LogP contribution in [0.4, 0.5) is 5.82 Å². The van der Waals surface area contributed by atoms with Crippen molar-refractivity contribution in [1.29, 1.82) is 0 Å². The number of carbonyl (C=O) groups is 1. The number of para-hydroxylation sites is 2. The third-order valence-corrected chi connectivity index (χ3v) is 4.64. The standard InChI is InChI=1S/C20H21N3O/c24-15-18-17-11-5-6-12-19(17)23(16-9-3-1-4-10-16)20(18)22-14-8-2-7-13-21-22/h1,3-6,9-12,15,21H,2,7-8,13-14H2. The second-order valence-corrected chi connectivity index (χ2v) is 6.16. The van der Waals surface area contributed by atoms with Crippen LogP contribution < -0.4 is 10.4 Å². The Kier molecular flexibility index (Phi) is 4.05. The van der Waals surface area contributed by atoms with Gasteiger partial charge >= 0.3 is 0 Å². The molecule has 0 aliphatic carbocycles. The van der Waals surface area contributed by atoms with E-state index in [-0.39, 0.29) is 0 Å². The predicted octanol–water partition coefficient (Wildman–Crippen LogP) is 3.94. The third-order valence-electron chi connectivity index (χ3n) is 4.64. The number of aromatic nitrogens is 1. The number of hydrazine groups is 1. The Balaban J connectivity index is 2.00. The molecule has 0 radical (unpaired) electrons. The third kappa shape index (κ3) is 2.49. The van der Waals surface area contributed by atoms with Crippen LogP contribution in [-0.2, 0) is 0 Å². The Hall–Kier alpha value is -2.59. The van der Waals surface area contributed by atoms with Gasteiger partial charge in [-0.05, 0) is 31.0 Å². The van der Waals surface area contributed by atoms with E-state index in [1.807, 2.05) is 36.4 Å². The van der Waals surface area contributed by atoms with Gasteiger partial charge in [-0.3, -0.25) is 14.4 Å². The number of nitrogens with zero attached hydrogens (tertiary/aromatic N) is 2. The zero-order chi connectivity index (χ0) is 16.4. The lowest BCUT2D eigenvalue weighted by molar-refractivity contribution is 0.112. The van der Waals surface area contributed by atoms with Crippen LogP contribution in [0.3, 0.4) is 0 Å². The molecule has 24 heavy (non-hydrogen) atoms. The number of fused-ring (bicyclic) bond motifs is 1. The van der Waals surface area contributed by atoms with E-state index in [0.717, 1.165) is 53.8 Å². The van der Waals surface area contributed by atoms with Gasteiger partial charge in [0.1, 0.15) is 5.82 Å². The highest BCUT2D eigenvalue weighted by atomic mass is 16.1. The van der Waals surface area contributed by atoms with Crippen molar-refractivity contribution in [3.8, 4) is 5.69 Å². The Morgan fingerprint density at radius 1 is 0.917 bits per heavy atom. The molecule has 1 aliphatic heterocycles. The molecule has 4 heteroatoms. The fourth-order valence-electron chi connectivity index (χ4n) is 3.52. The fourth-order valence-corrected chi connectivity index (χ4v) is 3.52. The first-order chi connectivity index (χ1) is 11.9. The fraction of sp³-hybridized carbons (Fsp3) is 0.250. The van der Waals surface area contributed by atoms with Crippen molar-refractivity contribution in [3.63, 3.8) is 0 Å². The largest absolute Gasteiger partial charge is 0.298 e. The molecular weight excluding hydrogens is 298 g/mol. The number of rotatable bonds is 3. The van der Waals surface area contributed by atoms with Gasteiger partial charge in [-0.15, -0.1) is 0 Å². The second kappa shape index (κ2) is 6.49. The van der Waals surface area contributed by atoms with Gasteiger partial charge in [-0.25, -0.2) is 5.43 Å². The van der Waals surface area contributed by atoms with Crippen LogP contribution in [-0.4, -0.2) is 23.9 Å². The molecule has 122 valence electrons. The van der Waals surface area contributed by atoms with Gasteiger partial charge < -0.3 is 0 Å². The summed E-state index contributed by atoms with van der Waals surface area (Å²) in [7, 11) is 0. The molecule has 0 bridgehead atoms. The van der Waals surface area contributed by atoms with Crippen molar-refractivity contribution >= 4 is 23.0 Å². The highest BCUT2D eigenvalue weighted by Gasteiger charge is 2.23. The van der Waals surface area contributed by atoms with Gasteiger partial charge in [-0.2, -0.15) is 0 Å². The van der Waals surface area contributed by atoms with E-state index < -0.39 is 0 Å². The van der Waals surface area contributed by atoms with Gasteiger partial charge in [0, 0.05) is 24.2 Å². The molecular formula is C20H21N3O. The molecule has 2 aromatic carbocycles. The molecule has 1 N–H and O–H groups in total. The van der Waals surface area contributed by atoms with Crippen molar-refractivity contribution < 1.29 is 4.79 Å². The molecule has 1 aliphatic rings. The summed E-state index contributed by atoms with van der Waals surface area (Å²) in [6.45, 7) is 1.85. The van der Waals surface area contributed by atoms with Crippen LogP contribution in [0.25, 0.3) is 16.6 Å². The normalized spacial score (nSPS) is 15.4. The predicted molar refractivity (Wildman–Crippen MR) is 97.9 cm³/mol. The number of hydrogen-bond donors (Lipinski definition) is 1. The molecule has 1 aromatic heterocycles. The van der Waals surface area contributed by atoms with E-state index in [1.54, 1.807) is 0 Å². The number of aldehydes is 1. The zero-order valence-corrected chi connectivity index (χ0v) is 13.6. The lowest BCUT2D eigenvalue weighted by atomic mass is 10.2. The summed E-state index contributed by atoms with van der Waals surface area (Å²) in [5, 5.41) is 3.15. The summed E-state index contributed by atoms with van der Waals surface area (Å²) in [5.41, 5.74) is 6.38. The van der Waals surface area contributed by atoms with Gasteiger partial charge in [0.2, 0.25) is 0 Å². The summed E-state index contributed by atoms with van der Waals surface area (Å²) < 4.78 is 2.19. The molecule has 4 rings (SSSR count). The first-order valence-corrected chi connectivity index (χ1v) is 8.55. The van der Waals surface area contributed by atoms with Crippen molar-refractivity contribution in [2.75, 3.05) is 18.1 Å². The van der Waals surface area contributed by atoms with Crippen LogP contribution in [0.1, 0.15) is 29.6 Å². The molecule has 0 spiro atoms. The minimum absolute atomic E-state index is 0.754. The Morgan fingerprint density at radius 3 is 2.54 bits per heavy atom. The second-order valence-electron chi connectivity index (χ2n) is 6.16. The van der Waals surface area contributed by atoms with Gasteiger partial charge in [-0.1, -0.05) is 42.8 Å². The summed E-state index contributed by atoms with van der Waals surface area (Å²) in [4.78, 5) is 11.9.